The molecule has 0 aromatic carbocycles. The highest BCUT2D eigenvalue weighted by atomic mass is 16.7. The van der Waals surface area contributed by atoms with Crippen LogP contribution < -0.4 is 0 Å². The van der Waals surface area contributed by atoms with Crippen molar-refractivity contribution in [3.05, 3.63) is 0 Å². The van der Waals surface area contributed by atoms with Crippen molar-refractivity contribution >= 4 is 0 Å². The van der Waals surface area contributed by atoms with Crippen LogP contribution >= 0.6 is 0 Å². The molecule has 0 saturated carbocycles. The molecule has 2 unspecified atom stereocenters. The summed E-state index contributed by atoms with van der Waals surface area (Å²) in [4.78, 5) is 0. The largest absolute Gasteiger partial charge is 0.412 e. The van der Waals surface area contributed by atoms with Crippen LogP contribution in [0, 0.1) is 0 Å². The Bertz CT molecular complexity index is 126. The third-order valence-corrected chi connectivity index (χ3v) is 1.56. The lowest BCUT2D eigenvalue weighted by molar-refractivity contribution is -0.328. The molecule has 0 bridgehead atoms. The maximum atomic E-state index is 8.89. The third-order valence-electron chi connectivity index (χ3n) is 1.56. The molecule has 7 N–H and O–H groups in total. The van der Waals surface area contributed by atoms with Gasteiger partial charge in [-0.3, -0.25) is 0 Å². The van der Waals surface area contributed by atoms with Crippen LogP contribution in [0.1, 0.15) is 0 Å². The average molecular weight is 184 g/mol. The minimum atomic E-state index is -1.66. The Kier molecular flexibility index (Phi) is 4.00. The summed E-state index contributed by atoms with van der Waals surface area (Å²) in [5, 5.41) is 44.0. The minimum absolute atomic E-state index is 0. The number of hydrogen-bond acceptors (Lipinski definition) is 6. The lowest BCUT2D eigenvalue weighted by Crippen LogP contribution is -2.57. The minimum Gasteiger partial charge on any atom is -0.412 e. The standard InChI is InChI=1S/C5H10O6.H2O/c6-1-2(7)4(9)11-5(10)3(1)8;/h1-10H;1H2/t1?,2-,3-,4-,5?;/m1./s1. The number of aliphatic hydroxyl groups excluding tert-OH is 5. The second-order valence-corrected chi connectivity index (χ2v) is 2.39. The number of hydrogen-bond donors (Lipinski definition) is 5. The predicted molar refractivity (Wildman–Crippen MR) is 34.7 cm³/mol. The monoisotopic (exact) mass is 184 g/mol. The molecular weight excluding hydrogens is 172 g/mol. The number of ether oxygens (including phenoxy) is 1. The second kappa shape index (κ2) is 4.10. The molecule has 74 valence electrons. The fourth-order valence-electron chi connectivity index (χ4n) is 0.843. The summed E-state index contributed by atoms with van der Waals surface area (Å²) in [6, 6.07) is 0. The van der Waals surface area contributed by atoms with Crippen LogP contribution in [0.15, 0.2) is 0 Å². The van der Waals surface area contributed by atoms with Gasteiger partial charge < -0.3 is 35.7 Å². The average Bonchev–Trinajstić information content (AvgIpc) is 1.97. The van der Waals surface area contributed by atoms with Crippen LogP contribution in [0.5, 0.6) is 0 Å². The summed E-state index contributed by atoms with van der Waals surface area (Å²) in [6.45, 7) is 0. The first kappa shape index (κ1) is 11.7. The van der Waals surface area contributed by atoms with E-state index in [1.54, 1.807) is 0 Å². The molecule has 0 aromatic rings. The molecule has 1 saturated heterocycles. The van der Waals surface area contributed by atoms with Crippen LogP contribution in [0.25, 0.3) is 0 Å². The Morgan fingerprint density at radius 2 is 1.00 bits per heavy atom. The molecule has 1 rings (SSSR count). The van der Waals surface area contributed by atoms with Crippen LogP contribution in [0.2, 0.25) is 0 Å². The molecule has 1 heterocycles. The third kappa shape index (κ3) is 1.90. The van der Waals surface area contributed by atoms with Crippen molar-refractivity contribution in [2.75, 3.05) is 0 Å². The van der Waals surface area contributed by atoms with Gasteiger partial charge in [0, 0.05) is 0 Å². The highest BCUT2D eigenvalue weighted by molar-refractivity contribution is 4.83. The first-order chi connectivity index (χ1) is 5.04. The molecule has 5 atom stereocenters. The Morgan fingerprint density at radius 1 is 0.667 bits per heavy atom. The molecular formula is C5H12O7. The summed E-state index contributed by atoms with van der Waals surface area (Å²) in [5.74, 6) is 0. The predicted octanol–water partition coefficient (Wildman–Crippen LogP) is -4.09. The highest BCUT2D eigenvalue weighted by Crippen LogP contribution is 2.17. The Labute approximate surface area is 67.8 Å². The summed E-state index contributed by atoms with van der Waals surface area (Å²) in [7, 11) is 0. The first-order valence-electron chi connectivity index (χ1n) is 3.10. The summed E-state index contributed by atoms with van der Waals surface area (Å²) in [5.41, 5.74) is 0. The molecule has 0 amide bonds. The van der Waals surface area contributed by atoms with Crippen LogP contribution in [-0.2, 0) is 4.74 Å². The van der Waals surface area contributed by atoms with E-state index in [1.165, 1.54) is 0 Å². The lowest BCUT2D eigenvalue weighted by Gasteiger charge is -2.35. The zero-order valence-corrected chi connectivity index (χ0v) is 6.03. The SMILES string of the molecule is O.OC1O[C@@H](O)[C@H](O)C(O)[C@H]1O. The van der Waals surface area contributed by atoms with Gasteiger partial charge >= 0.3 is 0 Å². The van der Waals surface area contributed by atoms with E-state index in [0.717, 1.165) is 0 Å². The summed E-state index contributed by atoms with van der Waals surface area (Å²) < 4.78 is 4.23. The van der Waals surface area contributed by atoms with Crippen LogP contribution in [0.3, 0.4) is 0 Å². The number of rotatable bonds is 0. The Morgan fingerprint density at radius 3 is 1.33 bits per heavy atom. The van der Waals surface area contributed by atoms with E-state index in [4.69, 9.17) is 25.5 Å². The van der Waals surface area contributed by atoms with Gasteiger partial charge in [0.25, 0.3) is 0 Å². The molecule has 1 aliphatic heterocycles. The van der Waals surface area contributed by atoms with Gasteiger partial charge in [-0.1, -0.05) is 0 Å². The summed E-state index contributed by atoms with van der Waals surface area (Å²) >= 11 is 0. The zero-order chi connectivity index (χ0) is 8.59. The molecule has 12 heavy (non-hydrogen) atoms. The van der Waals surface area contributed by atoms with Crippen molar-refractivity contribution in [1.82, 2.24) is 0 Å². The maximum Gasteiger partial charge on any atom is 0.186 e. The van der Waals surface area contributed by atoms with Crippen LogP contribution in [0.4, 0.5) is 0 Å². The van der Waals surface area contributed by atoms with E-state index in [1.807, 2.05) is 0 Å². The molecule has 0 spiro atoms. The molecule has 7 heteroatoms. The van der Waals surface area contributed by atoms with Crippen molar-refractivity contribution < 1.29 is 35.7 Å². The van der Waals surface area contributed by atoms with E-state index in [2.05, 4.69) is 4.74 Å². The lowest BCUT2D eigenvalue weighted by atomic mass is 10.0. The maximum absolute atomic E-state index is 8.89. The van der Waals surface area contributed by atoms with E-state index in [9.17, 15) is 0 Å². The Hall–Kier alpha value is -0.280. The van der Waals surface area contributed by atoms with Crippen molar-refractivity contribution in [3.63, 3.8) is 0 Å². The van der Waals surface area contributed by atoms with Gasteiger partial charge in [0.05, 0.1) is 0 Å². The van der Waals surface area contributed by atoms with Gasteiger partial charge in [0.1, 0.15) is 18.3 Å². The summed E-state index contributed by atoms with van der Waals surface area (Å²) in [6.07, 6.45) is -8.10. The van der Waals surface area contributed by atoms with E-state index < -0.39 is 30.9 Å². The molecule has 1 fully saturated rings. The fourth-order valence-corrected chi connectivity index (χ4v) is 0.843. The van der Waals surface area contributed by atoms with Gasteiger partial charge in [0.2, 0.25) is 0 Å². The van der Waals surface area contributed by atoms with Crippen molar-refractivity contribution in [1.29, 1.82) is 0 Å². The van der Waals surface area contributed by atoms with Gasteiger partial charge in [-0.2, -0.15) is 0 Å². The molecule has 0 aliphatic carbocycles. The molecule has 1 aliphatic rings. The topological polar surface area (TPSA) is 142 Å². The fraction of sp³-hybridized carbons (Fsp3) is 1.00. The first-order valence-corrected chi connectivity index (χ1v) is 3.10. The second-order valence-electron chi connectivity index (χ2n) is 2.39. The highest BCUT2D eigenvalue weighted by Gasteiger charge is 2.42. The molecule has 0 radical (unpaired) electrons. The van der Waals surface area contributed by atoms with Crippen molar-refractivity contribution in [2.45, 2.75) is 30.9 Å². The zero-order valence-electron chi connectivity index (χ0n) is 6.03. The quantitative estimate of drug-likeness (QED) is 0.259. The molecule has 7 nitrogen and oxygen atoms in total. The molecule has 0 aromatic heterocycles. The van der Waals surface area contributed by atoms with Gasteiger partial charge in [-0.15, -0.1) is 0 Å². The smallest absolute Gasteiger partial charge is 0.186 e. The van der Waals surface area contributed by atoms with E-state index in [-0.39, 0.29) is 5.48 Å². The van der Waals surface area contributed by atoms with E-state index >= 15 is 0 Å². The number of aliphatic hydroxyl groups is 5. The van der Waals surface area contributed by atoms with Gasteiger partial charge in [-0.25, -0.2) is 0 Å². The normalized spacial score (nSPS) is 48.2. The van der Waals surface area contributed by atoms with Gasteiger partial charge in [0.15, 0.2) is 12.6 Å². The van der Waals surface area contributed by atoms with Gasteiger partial charge in [-0.05, 0) is 0 Å². The van der Waals surface area contributed by atoms with Crippen molar-refractivity contribution in [3.8, 4) is 0 Å². The van der Waals surface area contributed by atoms with Crippen molar-refractivity contribution in [2.24, 2.45) is 0 Å². The van der Waals surface area contributed by atoms with Crippen LogP contribution in [-0.4, -0.2) is 61.9 Å². The Balaban J connectivity index is 0.00000121. The van der Waals surface area contributed by atoms with E-state index in [0.29, 0.717) is 0 Å².